The molecule has 0 aliphatic rings. The van der Waals surface area contributed by atoms with Crippen molar-refractivity contribution in [1.29, 1.82) is 0 Å². The first kappa shape index (κ1) is 13.5. The van der Waals surface area contributed by atoms with E-state index in [2.05, 4.69) is 15.4 Å². The van der Waals surface area contributed by atoms with Crippen LogP contribution >= 0.6 is 0 Å². The number of aromatic nitrogens is 2. The number of hydrogen-bond acceptors (Lipinski definition) is 5. The summed E-state index contributed by atoms with van der Waals surface area (Å²) in [6.45, 7) is 0.994. The summed E-state index contributed by atoms with van der Waals surface area (Å²) in [5, 5.41) is 0. The van der Waals surface area contributed by atoms with Gasteiger partial charge in [-0.15, -0.1) is 0 Å². The van der Waals surface area contributed by atoms with Crippen molar-refractivity contribution in [3.63, 3.8) is 0 Å². The first-order chi connectivity index (χ1) is 7.96. The third-order valence-electron chi connectivity index (χ3n) is 1.96. The Balaban J connectivity index is 2.88. The van der Waals surface area contributed by atoms with Crippen LogP contribution in [-0.4, -0.2) is 29.2 Å². The molecule has 0 saturated carbocycles. The molecule has 96 valence electrons. The molecule has 0 aliphatic heterocycles. The Bertz CT molecular complexity index is 355. The molecule has 0 atom stereocenters. The smallest absolute Gasteiger partial charge is 0.346 e. The Morgan fingerprint density at radius 2 is 2.12 bits per heavy atom. The van der Waals surface area contributed by atoms with Gasteiger partial charge in [-0.2, -0.15) is 13.2 Å². The van der Waals surface area contributed by atoms with Gasteiger partial charge in [0.2, 0.25) is 0 Å². The maximum Gasteiger partial charge on any atom is 0.405 e. The number of halogens is 3. The van der Waals surface area contributed by atoms with Gasteiger partial charge in [0.25, 0.3) is 0 Å². The van der Waals surface area contributed by atoms with Crippen molar-refractivity contribution in [3.05, 3.63) is 12.4 Å². The van der Waals surface area contributed by atoms with Crippen LogP contribution in [0.15, 0.2) is 12.4 Å². The van der Waals surface area contributed by atoms with E-state index < -0.39 is 12.7 Å². The second kappa shape index (κ2) is 5.67. The van der Waals surface area contributed by atoms with E-state index in [1.54, 1.807) is 6.92 Å². The molecule has 1 aromatic rings. The van der Waals surface area contributed by atoms with E-state index in [4.69, 9.17) is 5.84 Å². The van der Waals surface area contributed by atoms with Crippen LogP contribution in [-0.2, 0) is 0 Å². The van der Waals surface area contributed by atoms with Crippen LogP contribution in [0.4, 0.5) is 24.8 Å². The van der Waals surface area contributed by atoms with Crippen LogP contribution in [0.5, 0.6) is 0 Å². The van der Waals surface area contributed by atoms with E-state index in [1.165, 1.54) is 12.4 Å². The van der Waals surface area contributed by atoms with Crippen molar-refractivity contribution in [1.82, 2.24) is 9.97 Å². The fraction of sp³-hybridized carbons (Fsp3) is 0.556. The number of nitrogen functional groups attached to an aromatic ring is 1. The second-order valence-electron chi connectivity index (χ2n) is 3.44. The molecule has 1 heterocycles. The van der Waals surface area contributed by atoms with Crippen molar-refractivity contribution < 1.29 is 13.2 Å². The number of nitrogens with zero attached hydrogens (tertiary/aromatic N) is 3. The summed E-state index contributed by atoms with van der Waals surface area (Å²) in [5.74, 6) is 5.51. The number of nitrogens with one attached hydrogen (secondary N) is 1. The lowest BCUT2D eigenvalue weighted by atomic mass is 10.4. The molecule has 17 heavy (non-hydrogen) atoms. The van der Waals surface area contributed by atoms with Gasteiger partial charge < -0.3 is 10.3 Å². The highest BCUT2D eigenvalue weighted by atomic mass is 19.4. The standard InChI is InChI=1S/C9H14F3N5/c1-2-3-17(6-9(10,11)12)8-5-14-4-7(15-8)16-13/h4-5H,2-3,6,13H2,1H3,(H,15,16). The average molecular weight is 249 g/mol. The average Bonchev–Trinajstić information content (AvgIpc) is 2.27. The van der Waals surface area contributed by atoms with Crippen molar-refractivity contribution in [2.24, 2.45) is 5.84 Å². The fourth-order valence-corrected chi connectivity index (χ4v) is 1.34. The molecule has 8 heteroatoms. The summed E-state index contributed by atoms with van der Waals surface area (Å²) >= 11 is 0. The van der Waals surface area contributed by atoms with Gasteiger partial charge in [-0.3, -0.25) is 4.98 Å². The first-order valence-corrected chi connectivity index (χ1v) is 5.06. The van der Waals surface area contributed by atoms with Gasteiger partial charge in [-0.05, 0) is 6.42 Å². The van der Waals surface area contributed by atoms with Gasteiger partial charge in [0, 0.05) is 6.54 Å². The third kappa shape index (κ3) is 4.43. The largest absolute Gasteiger partial charge is 0.405 e. The van der Waals surface area contributed by atoms with E-state index in [-0.39, 0.29) is 18.2 Å². The zero-order valence-corrected chi connectivity index (χ0v) is 9.33. The van der Waals surface area contributed by atoms with Crippen LogP contribution in [0.1, 0.15) is 13.3 Å². The van der Waals surface area contributed by atoms with Crippen LogP contribution in [0.3, 0.4) is 0 Å². The lowest BCUT2D eigenvalue weighted by Crippen LogP contribution is -2.35. The molecule has 0 bridgehead atoms. The molecule has 0 fully saturated rings. The van der Waals surface area contributed by atoms with E-state index in [1.807, 2.05) is 0 Å². The summed E-state index contributed by atoms with van der Waals surface area (Å²) in [4.78, 5) is 8.82. The van der Waals surface area contributed by atoms with Crippen LogP contribution in [0, 0.1) is 0 Å². The van der Waals surface area contributed by atoms with Crippen LogP contribution in [0.25, 0.3) is 0 Å². The molecule has 0 spiro atoms. The van der Waals surface area contributed by atoms with Gasteiger partial charge in [0.1, 0.15) is 12.4 Å². The highest BCUT2D eigenvalue weighted by molar-refractivity contribution is 5.43. The van der Waals surface area contributed by atoms with Crippen LogP contribution in [0.2, 0.25) is 0 Å². The minimum Gasteiger partial charge on any atom is -0.346 e. The van der Waals surface area contributed by atoms with Gasteiger partial charge >= 0.3 is 6.18 Å². The molecule has 5 nitrogen and oxygen atoms in total. The van der Waals surface area contributed by atoms with Gasteiger partial charge in [-0.25, -0.2) is 10.8 Å². The maximum atomic E-state index is 12.4. The number of hydrogen-bond donors (Lipinski definition) is 2. The molecule has 0 aliphatic carbocycles. The second-order valence-corrected chi connectivity index (χ2v) is 3.44. The predicted octanol–water partition coefficient (Wildman–Crippen LogP) is 1.54. The molecule has 1 rings (SSSR count). The van der Waals surface area contributed by atoms with Crippen molar-refractivity contribution >= 4 is 11.6 Å². The minimum absolute atomic E-state index is 0.152. The highest BCUT2D eigenvalue weighted by Crippen LogP contribution is 2.21. The lowest BCUT2D eigenvalue weighted by molar-refractivity contribution is -0.119. The Labute approximate surface area is 96.8 Å². The van der Waals surface area contributed by atoms with Gasteiger partial charge in [-0.1, -0.05) is 6.92 Å². The summed E-state index contributed by atoms with van der Waals surface area (Å²) in [5.41, 5.74) is 2.25. The number of anilines is 2. The van der Waals surface area contributed by atoms with Crippen LogP contribution < -0.4 is 16.2 Å². The quantitative estimate of drug-likeness (QED) is 0.612. The molecular weight excluding hydrogens is 235 g/mol. The van der Waals surface area contributed by atoms with E-state index in [9.17, 15) is 13.2 Å². The first-order valence-electron chi connectivity index (χ1n) is 5.06. The third-order valence-corrected chi connectivity index (χ3v) is 1.96. The molecule has 1 aromatic heterocycles. The van der Waals surface area contributed by atoms with Gasteiger partial charge in [0.15, 0.2) is 5.82 Å². The summed E-state index contributed by atoms with van der Waals surface area (Å²) in [6, 6.07) is 0. The van der Waals surface area contributed by atoms with Crippen molar-refractivity contribution in [2.75, 3.05) is 23.4 Å². The molecular formula is C9H14F3N5. The predicted molar refractivity (Wildman–Crippen MR) is 58.4 cm³/mol. The number of hydrazine groups is 1. The topological polar surface area (TPSA) is 67.1 Å². The Morgan fingerprint density at radius 3 is 2.65 bits per heavy atom. The normalized spacial score (nSPS) is 11.4. The molecule has 0 unspecified atom stereocenters. The molecule has 0 radical (unpaired) electrons. The number of nitrogens with two attached hydrogens (primary N) is 1. The number of rotatable bonds is 5. The molecule has 0 amide bonds. The van der Waals surface area contributed by atoms with E-state index in [0.717, 1.165) is 4.90 Å². The number of alkyl halides is 3. The summed E-state index contributed by atoms with van der Waals surface area (Å²) < 4.78 is 37.1. The van der Waals surface area contributed by atoms with Crippen molar-refractivity contribution in [3.8, 4) is 0 Å². The highest BCUT2D eigenvalue weighted by Gasteiger charge is 2.31. The maximum absolute atomic E-state index is 12.4. The van der Waals surface area contributed by atoms with Crippen molar-refractivity contribution in [2.45, 2.75) is 19.5 Å². The fourth-order valence-electron chi connectivity index (χ4n) is 1.34. The zero-order valence-electron chi connectivity index (χ0n) is 9.33. The monoisotopic (exact) mass is 249 g/mol. The molecule has 3 N–H and O–H groups in total. The summed E-state index contributed by atoms with van der Waals surface area (Å²) in [6.07, 6.45) is -1.08. The Morgan fingerprint density at radius 1 is 1.41 bits per heavy atom. The summed E-state index contributed by atoms with van der Waals surface area (Å²) in [7, 11) is 0. The minimum atomic E-state index is -4.27. The SMILES string of the molecule is CCCN(CC(F)(F)F)c1cncc(NN)n1. The Hall–Kier alpha value is -1.57. The van der Waals surface area contributed by atoms with E-state index in [0.29, 0.717) is 6.42 Å². The molecule has 0 saturated heterocycles. The Kier molecular flexibility index (Phi) is 4.50. The van der Waals surface area contributed by atoms with E-state index >= 15 is 0 Å². The van der Waals surface area contributed by atoms with Gasteiger partial charge in [0.05, 0.1) is 12.4 Å². The zero-order chi connectivity index (χ0) is 12.9. The molecule has 0 aromatic carbocycles. The lowest BCUT2D eigenvalue weighted by Gasteiger charge is -2.24.